The maximum absolute atomic E-state index is 3.57. The van der Waals surface area contributed by atoms with Gasteiger partial charge in [-0.05, 0) is 44.5 Å². The summed E-state index contributed by atoms with van der Waals surface area (Å²) in [4.78, 5) is 2.58. The lowest BCUT2D eigenvalue weighted by molar-refractivity contribution is 0.229. The van der Waals surface area contributed by atoms with E-state index >= 15 is 0 Å². The molecule has 18 heavy (non-hydrogen) atoms. The molecular formula is C15H27N3. The van der Waals surface area contributed by atoms with E-state index in [1.54, 1.807) is 0 Å². The van der Waals surface area contributed by atoms with Crippen molar-refractivity contribution in [1.82, 2.24) is 14.8 Å². The van der Waals surface area contributed by atoms with Crippen LogP contribution in [0.4, 0.5) is 0 Å². The van der Waals surface area contributed by atoms with E-state index in [-0.39, 0.29) is 0 Å². The quantitative estimate of drug-likeness (QED) is 0.749. The molecule has 0 aliphatic carbocycles. The van der Waals surface area contributed by atoms with Crippen molar-refractivity contribution in [3.63, 3.8) is 0 Å². The van der Waals surface area contributed by atoms with Gasteiger partial charge >= 0.3 is 0 Å². The van der Waals surface area contributed by atoms with E-state index in [0.29, 0.717) is 0 Å². The Kier molecular flexibility index (Phi) is 5.75. The first-order valence-corrected chi connectivity index (χ1v) is 7.47. The van der Waals surface area contributed by atoms with Crippen molar-refractivity contribution < 1.29 is 0 Å². The van der Waals surface area contributed by atoms with Crippen molar-refractivity contribution in [1.29, 1.82) is 0 Å². The summed E-state index contributed by atoms with van der Waals surface area (Å²) in [5.74, 6) is 0. The minimum atomic E-state index is 1.00. The third-order valence-electron chi connectivity index (χ3n) is 3.75. The number of nitrogens with one attached hydrogen (secondary N) is 1. The zero-order valence-electron chi connectivity index (χ0n) is 11.7. The Morgan fingerprint density at radius 1 is 1.17 bits per heavy atom. The van der Waals surface area contributed by atoms with Crippen LogP contribution in [0.25, 0.3) is 0 Å². The number of nitrogens with zero attached hydrogens (tertiary/aromatic N) is 2. The van der Waals surface area contributed by atoms with Crippen LogP contribution in [-0.2, 0) is 13.1 Å². The zero-order valence-corrected chi connectivity index (χ0v) is 11.7. The van der Waals surface area contributed by atoms with Crippen LogP contribution in [0.3, 0.4) is 0 Å². The molecule has 1 aliphatic heterocycles. The summed E-state index contributed by atoms with van der Waals surface area (Å²) in [5.41, 5.74) is 1.41. The molecule has 3 heteroatoms. The van der Waals surface area contributed by atoms with Gasteiger partial charge in [-0.3, -0.25) is 0 Å². The molecule has 0 unspecified atom stereocenters. The van der Waals surface area contributed by atoms with E-state index in [1.165, 1.54) is 51.0 Å². The third kappa shape index (κ3) is 4.14. The van der Waals surface area contributed by atoms with Crippen molar-refractivity contribution >= 4 is 0 Å². The number of rotatable bonds is 7. The fourth-order valence-corrected chi connectivity index (χ4v) is 2.71. The highest BCUT2D eigenvalue weighted by Gasteiger charge is 2.08. The van der Waals surface area contributed by atoms with Gasteiger partial charge in [0.2, 0.25) is 0 Å². The van der Waals surface area contributed by atoms with Crippen LogP contribution in [0, 0.1) is 0 Å². The average molecular weight is 249 g/mol. The van der Waals surface area contributed by atoms with Gasteiger partial charge in [-0.1, -0.05) is 13.3 Å². The Labute approximate surface area is 111 Å². The molecule has 1 saturated heterocycles. The molecule has 0 aromatic carbocycles. The summed E-state index contributed by atoms with van der Waals surface area (Å²) in [6.07, 6.45) is 7.59. The molecule has 1 aliphatic rings. The van der Waals surface area contributed by atoms with E-state index in [4.69, 9.17) is 0 Å². The summed E-state index contributed by atoms with van der Waals surface area (Å²) in [6, 6.07) is 4.38. The normalized spacial score (nSPS) is 17.2. The molecule has 3 nitrogen and oxygen atoms in total. The van der Waals surface area contributed by atoms with E-state index in [0.717, 1.165) is 19.6 Å². The van der Waals surface area contributed by atoms with Crippen LogP contribution in [0.15, 0.2) is 18.3 Å². The van der Waals surface area contributed by atoms with Gasteiger partial charge in [0.15, 0.2) is 0 Å². The molecule has 0 radical (unpaired) electrons. The van der Waals surface area contributed by atoms with Crippen molar-refractivity contribution in [2.24, 2.45) is 0 Å². The molecule has 1 N–H and O–H groups in total. The minimum absolute atomic E-state index is 1.00. The van der Waals surface area contributed by atoms with Gasteiger partial charge in [-0.25, -0.2) is 0 Å². The number of piperidine rings is 1. The summed E-state index contributed by atoms with van der Waals surface area (Å²) in [7, 11) is 0. The number of aryl methyl sites for hydroxylation is 1. The van der Waals surface area contributed by atoms with E-state index in [1.807, 2.05) is 0 Å². The van der Waals surface area contributed by atoms with Crippen molar-refractivity contribution in [3.05, 3.63) is 24.0 Å². The number of aromatic nitrogens is 1. The Hall–Kier alpha value is -0.800. The maximum Gasteiger partial charge on any atom is 0.0359 e. The standard InChI is InChI=1S/C15H27N3/c1-2-9-18-12-6-7-15(18)14-16-8-13-17-10-4-3-5-11-17/h6-7,12,16H,2-5,8-11,13-14H2,1H3. The fraction of sp³-hybridized carbons (Fsp3) is 0.733. The molecule has 1 aromatic heterocycles. The van der Waals surface area contributed by atoms with Crippen LogP contribution in [0.2, 0.25) is 0 Å². The predicted molar refractivity (Wildman–Crippen MR) is 76.7 cm³/mol. The molecule has 0 spiro atoms. The lowest BCUT2D eigenvalue weighted by Gasteiger charge is -2.26. The number of hydrogen-bond acceptors (Lipinski definition) is 2. The molecule has 102 valence electrons. The topological polar surface area (TPSA) is 20.2 Å². The Morgan fingerprint density at radius 2 is 2.00 bits per heavy atom. The van der Waals surface area contributed by atoms with Gasteiger partial charge in [-0.15, -0.1) is 0 Å². The Morgan fingerprint density at radius 3 is 2.78 bits per heavy atom. The van der Waals surface area contributed by atoms with Crippen LogP contribution in [0.5, 0.6) is 0 Å². The lowest BCUT2D eigenvalue weighted by atomic mass is 10.1. The van der Waals surface area contributed by atoms with Crippen LogP contribution < -0.4 is 5.32 Å². The van der Waals surface area contributed by atoms with E-state index in [2.05, 4.69) is 40.0 Å². The first-order chi connectivity index (χ1) is 8.90. The molecule has 1 fully saturated rings. The molecule has 0 saturated carbocycles. The summed E-state index contributed by atoms with van der Waals surface area (Å²) < 4.78 is 2.36. The largest absolute Gasteiger partial charge is 0.350 e. The summed E-state index contributed by atoms with van der Waals surface area (Å²) >= 11 is 0. The second-order valence-corrected chi connectivity index (χ2v) is 5.27. The van der Waals surface area contributed by atoms with Crippen molar-refractivity contribution in [2.75, 3.05) is 26.2 Å². The molecule has 0 bridgehead atoms. The van der Waals surface area contributed by atoms with Crippen LogP contribution in [0.1, 0.15) is 38.3 Å². The van der Waals surface area contributed by atoms with Crippen LogP contribution in [-0.4, -0.2) is 35.6 Å². The number of hydrogen-bond donors (Lipinski definition) is 1. The SMILES string of the molecule is CCCn1cccc1CNCCN1CCCCC1. The fourth-order valence-electron chi connectivity index (χ4n) is 2.71. The van der Waals surface area contributed by atoms with Crippen LogP contribution >= 0.6 is 0 Å². The molecular weight excluding hydrogens is 222 g/mol. The highest BCUT2D eigenvalue weighted by atomic mass is 15.1. The molecule has 2 rings (SSSR count). The minimum Gasteiger partial charge on any atom is -0.350 e. The lowest BCUT2D eigenvalue weighted by Crippen LogP contribution is -2.35. The van der Waals surface area contributed by atoms with Gasteiger partial charge in [0, 0.05) is 38.1 Å². The van der Waals surface area contributed by atoms with Gasteiger partial charge in [0.25, 0.3) is 0 Å². The van der Waals surface area contributed by atoms with Crippen molar-refractivity contribution in [2.45, 2.75) is 45.7 Å². The molecule has 1 aromatic rings. The molecule has 0 atom stereocenters. The van der Waals surface area contributed by atoms with E-state index < -0.39 is 0 Å². The summed E-state index contributed by atoms with van der Waals surface area (Å²) in [6.45, 7) is 9.28. The van der Waals surface area contributed by atoms with Gasteiger partial charge < -0.3 is 14.8 Å². The Balaban J connectivity index is 1.63. The van der Waals surface area contributed by atoms with Crippen molar-refractivity contribution in [3.8, 4) is 0 Å². The molecule has 0 amide bonds. The highest BCUT2D eigenvalue weighted by molar-refractivity contribution is 5.06. The monoisotopic (exact) mass is 249 g/mol. The smallest absolute Gasteiger partial charge is 0.0359 e. The number of likely N-dealkylation sites (tertiary alicyclic amines) is 1. The second-order valence-electron chi connectivity index (χ2n) is 5.27. The summed E-state index contributed by atoms with van der Waals surface area (Å²) in [5, 5.41) is 3.57. The first-order valence-electron chi connectivity index (χ1n) is 7.47. The van der Waals surface area contributed by atoms with Gasteiger partial charge in [-0.2, -0.15) is 0 Å². The van der Waals surface area contributed by atoms with E-state index in [9.17, 15) is 0 Å². The maximum atomic E-state index is 3.57. The Bertz CT molecular complexity index is 326. The highest BCUT2D eigenvalue weighted by Crippen LogP contribution is 2.07. The first kappa shape index (κ1) is 13.6. The third-order valence-corrected chi connectivity index (χ3v) is 3.75. The predicted octanol–water partition coefficient (Wildman–Crippen LogP) is 2.47. The van der Waals surface area contributed by atoms with Gasteiger partial charge in [0.05, 0.1) is 0 Å². The molecule has 2 heterocycles. The second kappa shape index (κ2) is 7.59. The zero-order chi connectivity index (χ0) is 12.6. The van der Waals surface area contributed by atoms with Gasteiger partial charge in [0.1, 0.15) is 0 Å². The average Bonchev–Trinajstić information content (AvgIpc) is 2.84.